The summed E-state index contributed by atoms with van der Waals surface area (Å²) in [4.78, 5) is 13.0. The second-order valence-electron chi connectivity index (χ2n) is 8.13. The number of fused-ring (bicyclic) bond motifs is 2. The van der Waals surface area contributed by atoms with Crippen LogP contribution in [0.3, 0.4) is 0 Å². The Morgan fingerprint density at radius 1 is 0.885 bits per heavy atom. The first kappa shape index (κ1) is 17.1. The number of allylic oxidation sites excluding steroid dienone is 2. The van der Waals surface area contributed by atoms with Crippen LogP contribution in [0, 0.1) is 39.5 Å². The molecule has 2 aromatic rings. The smallest absolute Gasteiger partial charge is 0.169 e. The molecule has 2 aliphatic carbocycles. The standard InChI is InChI=1S/C24H26O2/c1-13-9-15(3)21(16(4)10-13)17-6-5-14(2)20(12-17)22-23(25)18-7-8-19(11-18)24(22)26/h5-6,9-10,12,18-19,25H,7-8,11H2,1-4H3/t18-,19+/m1/s1. The maximum Gasteiger partial charge on any atom is 0.169 e. The second kappa shape index (κ2) is 6.12. The molecule has 26 heavy (non-hydrogen) atoms. The molecule has 0 heterocycles. The van der Waals surface area contributed by atoms with E-state index in [1.54, 1.807) is 0 Å². The van der Waals surface area contributed by atoms with E-state index < -0.39 is 0 Å². The topological polar surface area (TPSA) is 37.3 Å². The van der Waals surface area contributed by atoms with Gasteiger partial charge in [-0.1, -0.05) is 29.8 Å². The number of carbonyl (C=O) groups is 1. The third-order valence-electron chi connectivity index (χ3n) is 6.17. The van der Waals surface area contributed by atoms with Crippen molar-refractivity contribution in [1.29, 1.82) is 0 Å². The molecule has 0 saturated heterocycles. The largest absolute Gasteiger partial charge is 0.511 e. The van der Waals surface area contributed by atoms with Crippen molar-refractivity contribution in [2.75, 3.05) is 0 Å². The van der Waals surface area contributed by atoms with Gasteiger partial charge in [0, 0.05) is 11.8 Å². The summed E-state index contributed by atoms with van der Waals surface area (Å²) < 4.78 is 0. The number of aliphatic hydroxyl groups is 1. The number of rotatable bonds is 2. The van der Waals surface area contributed by atoms with Gasteiger partial charge >= 0.3 is 0 Å². The highest BCUT2D eigenvalue weighted by atomic mass is 16.3. The van der Waals surface area contributed by atoms with Gasteiger partial charge in [0.15, 0.2) is 5.78 Å². The van der Waals surface area contributed by atoms with Crippen LogP contribution in [0.25, 0.3) is 16.7 Å². The molecule has 2 nitrogen and oxygen atoms in total. The maximum atomic E-state index is 13.0. The zero-order chi connectivity index (χ0) is 18.6. The van der Waals surface area contributed by atoms with Crippen LogP contribution >= 0.6 is 0 Å². The van der Waals surface area contributed by atoms with Gasteiger partial charge in [-0.3, -0.25) is 4.79 Å². The van der Waals surface area contributed by atoms with Gasteiger partial charge in [0.1, 0.15) is 5.76 Å². The Balaban J connectivity index is 1.89. The van der Waals surface area contributed by atoms with E-state index in [0.29, 0.717) is 11.3 Å². The molecule has 2 bridgehead atoms. The monoisotopic (exact) mass is 346 g/mol. The van der Waals surface area contributed by atoms with Crippen molar-refractivity contribution in [3.05, 3.63) is 63.9 Å². The molecule has 1 saturated carbocycles. The summed E-state index contributed by atoms with van der Waals surface area (Å²) in [5.74, 6) is 0.714. The molecule has 0 amide bonds. The van der Waals surface area contributed by atoms with Crippen molar-refractivity contribution in [2.24, 2.45) is 11.8 Å². The first-order valence-corrected chi connectivity index (χ1v) is 9.53. The van der Waals surface area contributed by atoms with Gasteiger partial charge in [-0.15, -0.1) is 0 Å². The van der Waals surface area contributed by atoms with Crippen LogP contribution in [0.4, 0.5) is 0 Å². The fourth-order valence-electron chi connectivity index (χ4n) is 4.96. The van der Waals surface area contributed by atoms with E-state index in [1.165, 1.54) is 22.3 Å². The normalized spacial score (nSPS) is 22.2. The summed E-state index contributed by atoms with van der Waals surface area (Å²) >= 11 is 0. The highest BCUT2D eigenvalue weighted by Crippen LogP contribution is 2.46. The van der Waals surface area contributed by atoms with Gasteiger partial charge in [-0.25, -0.2) is 0 Å². The molecule has 0 aromatic heterocycles. The SMILES string of the molecule is Cc1cc(C)c(-c2ccc(C)c(C3=C(O)[C@@H]4CC[C@@H](C4)C3=O)c2)c(C)c1. The van der Waals surface area contributed by atoms with Crippen molar-refractivity contribution in [3.63, 3.8) is 0 Å². The molecule has 0 unspecified atom stereocenters. The second-order valence-corrected chi connectivity index (χ2v) is 8.13. The van der Waals surface area contributed by atoms with Crippen LogP contribution in [0.15, 0.2) is 36.1 Å². The molecule has 4 rings (SSSR count). The van der Waals surface area contributed by atoms with Gasteiger partial charge in [0.25, 0.3) is 0 Å². The van der Waals surface area contributed by atoms with Gasteiger partial charge < -0.3 is 5.11 Å². The Kier molecular flexibility index (Phi) is 4.02. The highest BCUT2D eigenvalue weighted by molar-refractivity contribution is 6.23. The fraction of sp³-hybridized carbons (Fsp3) is 0.375. The first-order valence-electron chi connectivity index (χ1n) is 9.53. The lowest BCUT2D eigenvalue weighted by molar-refractivity contribution is -0.117. The number of aryl methyl sites for hydroxylation is 4. The van der Waals surface area contributed by atoms with Gasteiger partial charge in [-0.2, -0.15) is 0 Å². The van der Waals surface area contributed by atoms with E-state index in [-0.39, 0.29) is 17.6 Å². The van der Waals surface area contributed by atoms with Crippen LogP contribution in [0.5, 0.6) is 0 Å². The molecule has 1 N–H and O–H groups in total. The van der Waals surface area contributed by atoms with Crippen molar-refractivity contribution in [2.45, 2.75) is 47.0 Å². The van der Waals surface area contributed by atoms with E-state index in [4.69, 9.17) is 0 Å². The Hall–Kier alpha value is -2.35. The Morgan fingerprint density at radius 3 is 2.23 bits per heavy atom. The minimum atomic E-state index is 0.0943. The molecular formula is C24H26O2. The van der Waals surface area contributed by atoms with Crippen molar-refractivity contribution >= 4 is 11.4 Å². The summed E-state index contributed by atoms with van der Waals surface area (Å²) in [7, 11) is 0. The predicted molar refractivity (Wildman–Crippen MR) is 106 cm³/mol. The van der Waals surface area contributed by atoms with Crippen LogP contribution in [0.1, 0.15) is 47.1 Å². The van der Waals surface area contributed by atoms with Crippen molar-refractivity contribution < 1.29 is 9.90 Å². The Labute approximate surface area is 155 Å². The number of benzene rings is 2. The third kappa shape index (κ3) is 2.59. The van der Waals surface area contributed by atoms with E-state index in [9.17, 15) is 9.90 Å². The Bertz CT molecular complexity index is 926. The summed E-state index contributed by atoms with van der Waals surface area (Å²) in [6.07, 6.45) is 2.66. The van der Waals surface area contributed by atoms with Gasteiger partial charge in [-0.05, 0) is 86.4 Å². The zero-order valence-electron chi connectivity index (χ0n) is 16.0. The van der Waals surface area contributed by atoms with Crippen molar-refractivity contribution in [1.82, 2.24) is 0 Å². The lowest BCUT2D eigenvalue weighted by Gasteiger charge is -2.23. The van der Waals surface area contributed by atoms with Crippen LogP contribution < -0.4 is 0 Å². The number of hydrogen-bond acceptors (Lipinski definition) is 2. The van der Waals surface area contributed by atoms with E-state index in [0.717, 1.165) is 36.0 Å². The third-order valence-corrected chi connectivity index (χ3v) is 6.17. The maximum absolute atomic E-state index is 13.0. The molecule has 0 spiro atoms. The molecule has 2 heteroatoms. The molecule has 134 valence electrons. The van der Waals surface area contributed by atoms with Crippen LogP contribution in [-0.4, -0.2) is 10.9 Å². The number of hydrogen-bond donors (Lipinski definition) is 1. The van der Waals surface area contributed by atoms with E-state index >= 15 is 0 Å². The molecule has 0 aliphatic heterocycles. The zero-order valence-corrected chi connectivity index (χ0v) is 16.0. The van der Waals surface area contributed by atoms with Gasteiger partial charge in [0.05, 0.1) is 5.57 Å². The molecule has 2 aromatic carbocycles. The summed E-state index contributed by atoms with van der Waals surface area (Å²) in [5.41, 5.74) is 8.61. The number of Topliss-reactive ketones (excluding diaryl/α,β-unsaturated/α-hetero) is 1. The molecular weight excluding hydrogens is 320 g/mol. The molecule has 2 aliphatic rings. The summed E-state index contributed by atoms with van der Waals surface area (Å²) in [5, 5.41) is 10.8. The van der Waals surface area contributed by atoms with E-state index in [2.05, 4.69) is 51.1 Å². The summed E-state index contributed by atoms with van der Waals surface area (Å²) in [6, 6.07) is 10.7. The average molecular weight is 346 g/mol. The number of aliphatic hydroxyl groups excluding tert-OH is 1. The lowest BCUT2D eigenvalue weighted by atomic mass is 9.81. The van der Waals surface area contributed by atoms with E-state index in [1.807, 2.05) is 6.92 Å². The van der Waals surface area contributed by atoms with Crippen LogP contribution in [-0.2, 0) is 4.79 Å². The quantitative estimate of drug-likeness (QED) is 0.740. The van der Waals surface area contributed by atoms with Crippen LogP contribution in [0.2, 0.25) is 0 Å². The summed E-state index contributed by atoms with van der Waals surface area (Å²) in [6.45, 7) is 8.41. The lowest BCUT2D eigenvalue weighted by Crippen LogP contribution is -2.21. The minimum Gasteiger partial charge on any atom is -0.511 e. The first-order chi connectivity index (χ1) is 12.4. The number of carbonyl (C=O) groups excluding carboxylic acids is 1. The average Bonchev–Trinajstić information content (AvgIpc) is 3.02. The predicted octanol–water partition coefficient (Wildman–Crippen LogP) is 5.86. The Morgan fingerprint density at radius 2 is 1.54 bits per heavy atom. The van der Waals surface area contributed by atoms with Gasteiger partial charge in [0.2, 0.25) is 0 Å². The number of ketones is 1. The molecule has 1 fully saturated rings. The highest BCUT2D eigenvalue weighted by Gasteiger charge is 2.41. The minimum absolute atomic E-state index is 0.0943. The fourth-order valence-corrected chi connectivity index (χ4v) is 4.96. The van der Waals surface area contributed by atoms with Crippen molar-refractivity contribution in [3.8, 4) is 11.1 Å². The molecule has 0 radical (unpaired) electrons. The molecule has 2 atom stereocenters.